The average molecular weight is 411 g/mol. The van der Waals surface area contributed by atoms with Gasteiger partial charge in [0.25, 0.3) is 0 Å². The summed E-state index contributed by atoms with van der Waals surface area (Å²) in [6.45, 7) is 4.34. The lowest BCUT2D eigenvalue weighted by Gasteiger charge is -2.12. The SMILES string of the molecule is Cc1ccc2c(c1)S[C@H](c1ccc([C@H]3Sc4ccc(C)cc4S3)cc1)S2. The second-order valence-corrected chi connectivity index (χ2v) is 11.9. The van der Waals surface area contributed by atoms with Gasteiger partial charge >= 0.3 is 0 Å². The molecule has 4 heteroatoms. The first-order valence-corrected chi connectivity index (χ1v) is 12.2. The molecule has 0 radical (unpaired) electrons. The fraction of sp³-hybridized carbons (Fsp3) is 0.182. The normalized spacial score (nSPS) is 20.8. The molecule has 130 valence electrons. The summed E-state index contributed by atoms with van der Waals surface area (Å²) >= 11 is 7.93. The zero-order valence-electron chi connectivity index (χ0n) is 14.6. The van der Waals surface area contributed by atoms with Crippen LogP contribution in [0.25, 0.3) is 0 Å². The smallest absolute Gasteiger partial charge is 0.0846 e. The maximum Gasteiger partial charge on any atom is 0.0846 e. The Bertz CT molecular complexity index is 897. The lowest BCUT2D eigenvalue weighted by molar-refractivity contribution is 1.23. The monoisotopic (exact) mass is 410 g/mol. The van der Waals surface area contributed by atoms with E-state index in [0.717, 1.165) is 0 Å². The Kier molecular flexibility index (Phi) is 4.56. The number of benzene rings is 3. The second-order valence-electron chi connectivity index (χ2n) is 6.70. The second kappa shape index (κ2) is 6.90. The summed E-state index contributed by atoms with van der Waals surface area (Å²) in [4.78, 5) is 5.69. The van der Waals surface area contributed by atoms with Crippen LogP contribution in [-0.4, -0.2) is 0 Å². The van der Waals surface area contributed by atoms with Gasteiger partial charge in [0, 0.05) is 19.6 Å². The van der Waals surface area contributed by atoms with Crippen LogP contribution in [0.4, 0.5) is 0 Å². The van der Waals surface area contributed by atoms with Crippen LogP contribution in [0.15, 0.2) is 80.2 Å². The van der Waals surface area contributed by atoms with Gasteiger partial charge in [-0.2, -0.15) is 0 Å². The van der Waals surface area contributed by atoms with E-state index in [0.29, 0.717) is 9.16 Å². The van der Waals surface area contributed by atoms with E-state index in [-0.39, 0.29) is 0 Å². The molecule has 0 bridgehead atoms. The maximum atomic E-state index is 2.33. The van der Waals surface area contributed by atoms with Gasteiger partial charge in [-0.15, -0.1) is 47.0 Å². The predicted molar refractivity (Wildman–Crippen MR) is 118 cm³/mol. The van der Waals surface area contributed by atoms with Crippen LogP contribution in [0.2, 0.25) is 0 Å². The van der Waals surface area contributed by atoms with Gasteiger partial charge < -0.3 is 0 Å². The molecule has 2 aliphatic rings. The Labute approximate surface area is 171 Å². The molecule has 5 rings (SSSR count). The first-order valence-electron chi connectivity index (χ1n) is 8.63. The van der Waals surface area contributed by atoms with Crippen molar-refractivity contribution in [2.24, 2.45) is 0 Å². The highest BCUT2D eigenvalue weighted by molar-refractivity contribution is 8.19. The summed E-state index contributed by atoms with van der Waals surface area (Å²) in [6.07, 6.45) is 0. The minimum atomic E-state index is 0.476. The zero-order valence-corrected chi connectivity index (χ0v) is 17.8. The van der Waals surface area contributed by atoms with Crippen molar-refractivity contribution in [3.8, 4) is 0 Å². The number of hydrogen-bond donors (Lipinski definition) is 0. The standard InChI is InChI=1S/C22H18S4/c1-13-3-9-17-19(11-13)25-21(23-17)15-5-7-16(8-6-15)22-24-18-10-4-14(2)12-20(18)26-22/h3-12,21-22H,1-2H3/t21-,22+. The third kappa shape index (κ3) is 3.22. The highest BCUT2D eigenvalue weighted by atomic mass is 32.2. The third-order valence-corrected chi connectivity index (χ3v) is 10.4. The van der Waals surface area contributed by atoms with Gasteiger partial charge in [0.05, 0.1) is 9.16 Å². The predicted octanol–water partition coefficient (Wildman–Crippen LogP) is 8.10. The fourth-order valence-electron chi connectivity index (χ4n) is 3.20. The van der Waals surface area contributed by atoms with E-state index in [1.165, 1.54) is 41.8 Å². The van der Waals surface area contributed by atoms with E-state index in [2.05, 4.69) is 74.5 Å². The molecule has 0 spiro atoms. The third-order valence-electron chi connectivity index (χ3n) is 4.62. The summed E-state index contributed by atoms with van der Waals surface area (Å²) in [5, 5.41) is 0. The number of rotatable bonds is 2. The molecular weight excluding hydrogens is 393 g/mol. The van der Waals surface area contributed by atoms with Crippen molar-refractivity contribution in [2.75, 3.05) is 0 Å². The molecule has 2 heterocycles. The highest BCUT2D eigenvalue weighted by Gasteiger charge is 2.27. The molecule has 0 aromatic heterocycles. The molecule has 0 amide bonds. The van der Waals surface area contributed by atoms with E-state index in [4.69, 9.17) is 0 Å². The van der Waals surface area contributed by atoms with Crippen LogP contribution in [0.1, 0.15) is 31.4 Å². The molecule has 0 saturated heterocycles. The lowest BCUT2D eigenvalue weighted by atomic mass is 10.2. The van der Waals surface area contributed by atoms with Crippen molar-refractivity contribution in [2.45, 2.75) is 42.6 Å². The Morgan fingerprint density at radius 1 is 0.500 bits per heavy atom. The first kappa shape index (κ1) is 17.2. The molecular formula is C22H18S4. The van der Waals surface area contributed by atoms with Gasteiger partial charge in [-0.05, 0) is 60.4 Å². The minimum absolute atomic E-state index is 0.476. The van der Waals surface area contributed by atoms with Crippen LogP contribution in [0.5, 0.6) is 0 Å². The van der Waals surface area contributed by atoms with Crippen LogP contribution in [0, 0.1) is 13.8 Å². The van der Waals surface area contributed by atoms with E-state index < -0.39 is 0 Å². The molecule has 0 fully saturated rings. The number of hydrogen-bond acceptors (Lipinski definition) is 4. The molecule has 2 atom stereocenters. The van der Waals surface area contributed by atoms with Crippen molar-refractivity contribution < 1.29 is 0 Å². The summed E-state index contributed by atoms with van der Waals surface area (Å²) in [7, 11) is 0. The lowest BCUT2D eigenvalue weighted by Crippen LogP contribution is -1.88. The molecule has 3 aromatic rings. The molecule has 0 aliphatic carbocycles. The van der Waals surface area contributed by atoms with E-state index in [1.807, 2.05) is 47.0 Å². The fourth-order valence-corrected chi connectivity index (χ4v) is 9.02. The quantitative estimate of drug-likeness (QED) is 0.418. The van der Waals surface area contributed by atoms with E-state index >= 15 is 0 Å². The minimum Gasteiger partial charge on any atom is -0.105 e. The molecule has 0 N–H and O–H groups in total. The van der Waals surface area contributed by atoms with Crippen LogP contribution >= 0.6 is 47.0 Å². The van der Waals surface area contributed by atoms with Crippen LogP contribution < -0.4 is 0 Å². The topological polar surface area (TPSA) is 0 Å². The summed E-state index contributed by atoms with van der Waals surface area (Å²) < 4.78 is 0.953. The summed E-state index contributed by atoms with van der Waals surface area (Å²) in [5.74, 6) is 0. The Morgan fingerprint density at radius 2 is 0.885 bits per heavy atom. The van der Waals surface area contributed by atoms with Crippen molar-refractivity contribution in [1.82, 2.24) is 0 Å². The summed E-state index contributed by atoms with van der Waals surface area (Å²) in [5.41, 5.74) is 5.52. The van der Waals surface area contributed by atoms with Gasteiger partial charge in [0.2, 0.25) is 0 Å². The van der Waals surface area contributed by atoms with E-state index in [9.17, 15) is 0 Å². The molecule has 0 saturated carbocycles. The molecule has 26 heavy (non-hydrogen) atoms. The van der Waals surface area contributed by atoms with Gasteiger partial charge in [0.1, 0.15) is 0 Å². The Balaban J connectivity index is 1.33. The molecule has 3 aromatic carbocycles. The van der Waals surface area contributed by atoms with Crippen molar-refractivity contribution in [3.63, 3.8) is 0 Å². The van der Waals surface area contributed by atoms with Gasteiger partial charge in [-0.25, -0.2) is 0 Å². The van der Waals surface area contributed by atoms with Crippen LogP contribution in [0.3, 0.4) is 0 Å². The van der Waals surface area contributed by atoms with E-state index in [1.54, 1.807) is 0 Å². The highest BCUT2D eigenvalue weighted by Crippen LogP contribution is 2.58. The van der Waals surface area contributed by atoms with Crippen LogP contribution in [-0.2, 0) is 0 Å². The Morgan fingerprint density at radius 3 is 1.31 bits per heavy atom. The molecule has 0 unspecified atom stereocenters. The first-order chi connectivity index (χ1) is 12.7. The maximum absolute atomic E-state index is 2.33. The molecule has 2 aliphatic heterocycles. The zero-order chi connectivity index (χ0) is 17.7. The van der Waals surface area contributed by atoms with Gasteiger partial charge in [-0.3, -0.25) is 0 Å². The Hall–Kier alpha value is -0.940. The van der Waals surface area contributed by atoms with Gasteiger partial charge in [0.15, 0.2) is 0 Å². The van der Waals surface area contributed by atoms with Crippen molar-refractivity contribution in [1.29, 1.82) is 0 Å². The molecule has 0 nitrogen and oxygen atoms in total. The largest absolute Gasteiger partial charge is 0.105 e. The number of fused-ring (bicyclic) bond motifs is 2. The van der Waals surface area contributed by atoms with Gasteiger partial charge in [-0.1, -0.05) is 36.4 Å². The average Bonchev–Trinajstić information content (AvgIpc) is 3.25. The van der Waals surface area contributed by atoms with Crippen molar-refractivity contribution in [3.05, 3.63) is 82.9 Å². The number of aryl methyl sites for hydroxylation is 2. The number of thioether (sulfide) groups is 4. The van der Waals surface area contributed by atoms with Crippen molar-refractivity contribution >= 4 is 47.0 Å². The summed E-state index contributed by atoms with van der Waals surface area (Å²) in [6, 6.07) is 22.9.